The standard InChI is InChI=1S/C16H18F2N2O/c1-9(2)8-20-10(3)12(16(19)21)7-15(20)11-4-5-13(17)14(18)6-11/h4-7,9H,8H2,1-3H3,(H2,19,21). The Morgan fingerprint density at radius 1 is 1.24 bits per heavy atom. The number of primary amides is 1. The number of rotatable bonds is 4. The zero-order valence-electron chi connectivity index (χ0n) is 12.3. The average Bonchev–Trinajstić information content (AvgIpc) is 2.70. The summed E-state index contributed by atoms with van der Waals surface area (Å²) in [6.45, 7) is 6.54. The molecule has 0 fully saturated rings. The first-order valence-electron chi connectivity index (χ1n) is 6.76. The van der Waals surface area contributed by atoms with Gasteiger partial charge in [0, 0.05) is 23.5 Å². The van der Waals surface area contributed by atoms with E-state index in [1.807, 2.05) is 18.4 Å². The molecule has 0 unspecified atom stereocenters. The predicted molar refractivity (Wildman–Crippen MR) is 77.9 cm³/mol. The summed E-state index contributed by atoms with van der Waals surface area (Å²) in [5.41, 5.74) is 7.68. The number of carbonyl (C=O) groups is 1. The van der Waals surface area contributed by atoms with Gasteiger partial charge < -0.3 is 10.3 Å². The van der Waals surface area contributed by atoms with Crippen molar-refractivity contribution in [2.75, 3.05) is 0 Å². The van der Waals surface area contributed by atoms with Crippen LogP contribution in [0.1, 0.15) is 29.9 Å². The fraction of sp³-hybridized carbons (Fsp3) is 0.312. The van der Waals surface area contributed by atoms with Crippen molar-refractivity contribution in [2.24, 2.45) is 11.7 Å². The Labute approximate surface area is 122 Å². The molecule has 0 bridgehead atoms. The highest BCUT2D eigenvalue weighted by atomic mass is 19.2. The first-order valence-corrected chi connectivity index (χ1v) is 6.76. The SMILES string of the molecule is Cc1c(C(N)=O)cc(-c2ccc(F)c(F)c2)n1CC(C)C. The number of aromatic nitrogens is 1. The summed E-state index contributed by atoms with van der Waals surface area (Å²) >= 11 is 0. The van der Waals surface area contributed by atoms with Crippen LogP contribution in [0.2, 0.25) is 0 Å². The highest BCUT2D eigenvalue weighted by Gasteiger charge is 2.18. The van der Waals surface area contributed by atoms with E-state index in [1.54, 1.807) is 13.0 Å². The number of halogens is 2. The van der Waals surface area contributed by atoms with E-state index in [0.29, 0.717) is 29.3 Å². The van der Waals surface area contributed by atoms with Crippen molar-refractivity contribution in [3.05, 3.63) is 47.2 Å². The summed E-state index contributed by atoms with van der Waals surface area (Å²) in [5.74, 6) is -2.00. The van der Waals surface area contributed by atoms with Gasteiger partial charge >= 0.3 is 0 Å². The Morgan fingerprint density at radius 2 is 1.90 bits per heavy atom. The number of carbonyl (C=O) groups excluding carboxylic acids is 1. The van der Waals surface area contributed by atoms with Gasteiger partial charge in [0.1, 0.15) is 0 Å². The minimum atomic E-state index is -0.914. The molecule has 1 heterocycles. The zero-order valence-corrected chi connectivity index (χ0v) is 12.3. The van der Waals surface area contributed by atoms with Crippen LogP contribution in [0.5, 0.6) is 0 Å². The third kappa shape index (κ3) is 2.96. The van der Waals surface area contributed by atoms with E-state index in [2.05, 4.69) is 0 Å². The molecule has 2 rings (SSSR count). The summed E-state index contributed by atoms with van der Waals surface area (Å²) in [5, 5.41) is 0. The number of nitrogens with two attached hydrogens (primary N) is 1. The van der Waals surface area contributed by atoms with Crippen LogP contribution in [0.4, 0.5) is 8.78 Å². The second-order valence-electron chi connectivity index (χ2n) is 5.53. The van der Waals surface area contributed by atoms with Crippen LogP contribution in [0, 0.1) is 24.5 Å². The third-order valence-corrected chi connectivity index (χ3v) is 3.40. The normalized spacial score (nSPS) is 11.1. The smallest absolute Gasteiger partial charge is 0.250 e. The van der Waals surface area contributed by atoms with Crippen LogP contribution in [0.25, 0.3) is 11.3 Å². The van der Waals surface area contributed by atoms with Gasteiger partial charge in [-0.05, 0) is 37.1 Å². The maximum Gasteiger partial charge on any atom is 0.250 e. The number of amides is 1. The maximum atomic E-state index is 13.4. The molecule has 21 heavy (non-hydrogen) atoms. The quantitative estimate of drug-likeness (QED) is 0.921. The lowest BCUT2D eigenvalue weighted by Crippen LogP contribution is -2.13. The average molecular weight is 292 g/mol. The van der Waals surface area contributed by atoms with Gasteiger partial charge in [-0.15, -0.1) is 0 Å². The van der Waals surface area contributed by atoms with Gasteiger partial charge in [-0.2, -0.15) is 0 Å². The monoisotopic (exact) mass is 292 g/mol. The van der Waals surface area contributed by atoms with E-state index in [0.717, 1.165) is 17.8 Å². The minimum Gasteiger partial charge on any atom is -0.366 e. The molecular formula is C16H18F2N2O. The number of nitrogens with zero attached hydrogens (tertiary/aromatic N) is 1. The zero-order chi connectivity index (χ0) is 15.7. The molecule has 0 saturated heterocycles. The minimum absolute atomic E-state index is 0.334. The summed E-state index contributed by atoms with van der Waals surface area (Å²) in [4.78, 5) is 11.5. The Hall–Kier alpha value is -2.17. The molecule has 5 heteroatoms. The molecule has 2 aromatic rings. The number of benzene rings is 1. The molecule has 0 aliphatic carbocycles. The molecule has 0 saturated carbocycles. The summed E-state index contributed by atoms with van der Waals surface area (Å²) < 4.78 is 28.4. The summed E-state index contributed by atoms with van der Waals surface area (Å²) in [6, 6.07) is 5.34. The molecule has 1 aromatic carbocycles. The highest BCUT2D eigenvalue weighted by Crippen LogP contribution is 2.28. The molecule has 0 radical (unpaired) electrons. The van der Waals surface area contributed by atoms with Gasteiger partial charge in [0.2, 0.25) is 0 Å². The fourth-order valence-electron chi connectivity index (χ4n) is 2.39. The van der Waals surface area contributed by atoms with Gasteiger partial charge in [-0.1, -0.05) is 13.8 Å². The summed E-state index contributed by atoms with van der Waals surface area (Å²) in [7, 11) is 0. The van der Waals surface area contributed by atoms with Crippen molar-refractivity contribution in [3.8, 4) is 11.3 Å². The predicted octanol–water partition coefficient (Wildman–Crippen LogP) is 3.50. The molecule has 0 atom stereocenters. The molecule has 2 N–H and O–H groups in total. The Morgan fingerprint density at radius 3 is 2.43 bits per heavy atom. The van der Waals surface area contributed by atoms with Crippen molar-refractivity contribution in [1.82, 2.24) is 4.57 Å². The van der Waals surface area contributed by atoms with E-state index in [4.69, 9.17) is 5.73 Å². The van der Waals surface area contributed by atoms with E-state index in [-0.39, 0.29) is 0 Å². The molecule has 0 spiro atoms. The Kier molecular flexibility index (Phi) is 4.11. The van der Waals surface area contributed by atoms with Gasteiger partial charge in [-0.25, -0.2) is 8.78 Å². The van der Waals surface area contributed by atoms with Gasteiger partial charge in [-0.3, -0.25) is 4.79 Å². The lowest BCUT2D eigenvalue weighted by Gasteiger charge is -2.14. The van der Waals surface area contributed by atoms with Crippen LogP contribution in [-0.4, -0.2) is 10.5 Å². The number of hydrogen-bond donors (Lipinski definition) is 1. The topological polar surface area (TPSA) is 48.0 Å². The van der Waals surface area contributed by atoms with E-state index in [1.165, 1.54) is 6.07 Å². The molecule has 1 amide bonds. The molecule has 1 aromatic heterocycles. The fourth-order valence-corrected chi connectivity index (χ4v) is 2.39. The van der Waals surface area contributed by atoms with Crippen LogP contribution >= 0.6 is 0 Å². The Bertz CT molecular complexity index is 690. The molecule has 0 aliphatic heterocycles. The lowest BCUT2D eigenvalue weighted by molar-refractivity contribution is 0.0999. The van der Waals surface area contributed by atoms with Crippen LogP contribution in [0.15, 0.2) is 24.3 Å². The molecule has 0 aliphatic rings. The number of hydrogen-bond acceptors (Lipinski definition) is 1. The van der Waals surface area contributed by atoms with Crippen molar-refractivity contribution in [1.29, 1.82) is 0 Å². The van der Waals surface area contributed by atoms with Crippen molar-refractivity contribution >= 4 is 5.91 Å². The largest absolute Gasteiger partial charge is 0.366 e. The van der Waals surface area contributed by atoms with Crippen LogP contribution in [-0.2, 0) is 6.54 Å². The van der Waals surface area contributed by atoms with Gasteiger partial charge in [0.25, 0.3) is 5.91 Å². The van der Waals surface area contributed by atoms with Crippen LogP contribution in [0.3, 0.4) is 0 Å². The maximum absolute atomic E-state index is 13.4. The molecular weight excluding hydrogens is 274 g/mol. The van der Waals surface area contributed by atoms with E-state index < -0.39 is 17.5 Å². The van der Waals surface area contributed by atoms with E-state index in [9.17, 15) is 13.6 Å². The third-order valence-electron chi connectivity index (χ3n) is 3.40. The van der Waals surface area contributed by atoms with Crippen molar-refractivity contribution < 1.29 is 13.6 Å². The molecule has 3 nitrogen and oxygen atoms in total. The second-order valence-corrected chi connectivity index (χ2v) is 5.53. The van der Waals surface area contributed by atoms with Gasteiger partial charge in [0.15, 0.2) is 11.6 Å². The Balaban J connectivity index is 2.62. The first kappa shape index (κ1) is 15.2. The molecule has 112 valence electrons. The van der Waals surface area contributed by atoms with E-state index >= 15 is 0 Å². The summed E-state index contributed by atoms with van der Waals surface area (Å²) in [6.07, 6.45) is 0. The van der Waals surface area contributed by atoms with Crippen molar-refractivity contribution in [3.63, 3.8) is 0 Å². The van der Waals surface area contributed by atoms with Crippen molar-refractivity contribution in [2.45, 2.75) is 27.3 Å². The highest BCUT2D eigenvalue weighted by molar-refractivity contribution is 5.95. The first-order chi connectivity index (χ1) is 9.81. The second kappa shape index (κ2) is 5.68. The lowest BCUT2D eigenvalue weighted by atomic mass is 10.1. The van der Waals surface area contributed by atoms with Crippen LogP contribution < -0.4 is 5.73 Å². The van der Waals surface area contributed by atoms with Gasteiger partial charge in [0.05, 0.1) is 5.56 Å².